The first kappa shape index (κ1) is 13.5. The summed E-state index contributed by atoms with van der Waals surface area (Å²) in [6.07, 6.45) is 2.96. The Morgan fingerprint density at radius 3 is 2.68 bits per heavy atom. The molecule has 0 saturated carbocycles. The van der Waals surface area contributed by atoms with Crippen LogP contribution in [0.5, 0.6) is 0 Å². The molecule has 0 bridgehead atoms. The maximum atomic E-state index is 12.4. The Labute approximate surface area is 111 Å². The minimum atomic E-state index is -0.477. The summed E-state index contributed by atoms with van der Waals surface area (Å²) in [5.74, 6) is -0.151. The number of carbonyl (C=O) groups is 1. The number of piperidine rings is 1. The molecule has 1 aromatic rings. The van der Waals surface area contributed by atoms with Gasteiger partial charge in [0.25, 0.3) is 11.6 Å². The molecular weight excluding hydrogens is 248 g/mol. The highest BCUT2D eigenvalue weighted by atomic mass is 16.6. The van der Waals surface area contributed by atoms with Crippen molar-refractivity contribution >= 4 is 11.6 Å². The molecule has 1 aliphatic heterocycles. The van der Waals surface area contributed by atoms with Crippen molar-refractivity contribution in [2.75, 3.05) is 13.1 Å². The van der Waals surface area contributed by atoms with Gasteiger partial charge in [-0.05, 0) is 19.8 Å². The fourth-order valence-corrected chi connectivity index (χ4v) is 2.30. The number of hydrogen-bond acceptors (Lipinski definition) is 4. The zero-order chi connectivity index (χ0) is 14.0. The SMILES string of the molecule is CCn1cc([N+](=O)[O-])cc1C(=O)N1CCC(N)CC1. The van der Waals surface area contributed by atoms with Gasteiger partial charge in [0.1, 0.15) is 5.69 Å². The van der Waals surface area contributed by atoms with Crippen LogP contribution in [0.2, 0.25) is 0 Å². The highest BCUT2D eigenvalue weighted by Crippen LogP contribution is 2.19. The van der Waals surface area contributed by atoms with Crippen LogP contribution in [0.4, 0.5) is 5.69 Å². The van der Waals surface area contributed by atoms with Crippen LogP contribution < -0.4 is 5.73 Å². The number of nitro groups is 1. The van der Waals surface area contributed by atoms with Crippen LogP contribution in [0.25, 0.3) is 0 Å². The molecule has 0 unspecified atom stereocenters. The molecule has 1 amide bonds. The number of likely N-dealkylation sites (tertiary alicyclic amines) is 1. The van der Waals surface area contributed by atoms with E-state index in [9.17, 15) is 14.9 Å². The third-order valence-corrected chi connectivity index (χ3v) is 3.48. The predicted molar refractivity (Wildman–Crippen MR) is 69.9 cm³/mol. The molecular formula is C12H18N4O3. The molecule has 0 aromatic carbocycles. The van der Waals surface area contributed by atoms with Crippen molar-refractivity contribution in [2.24, 2.45) is 5.73 Å². The Kier molecular flexibility index (Phi) is 3.84. The summed E-state index contributed by atoms with van der Waals surface area (Å²) in [5, 5.41) is 10.8. The molecule has 1 aromatic heterocycles. The van der Waals surface area contributed by atoms with Gasteiger partial charge in [-0.15, -0.1) is 0 Å². The first-order chi connectivity index (χ1) is 9.02. The summed E-state index contributed by atoms with van der Waals surface area (Å²) in [7, 11) is 0. The number of nitrogens with zero attached hydrogens (tertiary/aromatic N) is 3. The van der Waals surface area contributed by atoms with Crippen molar-refractivity contribution in [3.63, 3.8) is 0 Å². The van der Waals surface area contributed by atoms with Crippen LogP contribution >= 0.6 is 0 Å². The van der Waals surface area contributed by atoms with Crippen molar-refractivity contribution in [2.45, 2.75) is 32.4 Å². The fraction of sp³-hybridized carbons (Fsp3) is 0.583. The van der Waals surface area contributed by atoms with Crippen molar-refractivity contribution in [3.05, 3.63) is 28.1 Å². The molecule has 2 heterocycles. The lowest BCUT2D eigenvalue weighted by Crippen LogP contribution is -2.43. The second-order valence-electron chi connectivity index (χ2n) is 4.76. The molecule has 7 heteroatoms. The standard InChI is InChI=1S/C12H18N4O3/c1-2-14-8-10(16(18)19)7-11(14)12(17)15-5-3-9(13)4-6-15/h7-9H,2-6,13H2,1H3. The molecule has 0 radical (unpaired) electrons. The molecule has 1 fully saturated rings. The van der Waals surface area contributed by atoms with E-state index in [1.807, 2.05) is 6.92 Å². The molecule has 2 rings (SSSR count). The maximum absolute atomic E-state index is 12.4. The van der Waals surface area contributed by atoms with Gasteiger partial charge >= 0.3 is 0 Å². The molecule has 19 heavy (non-hydrogen) atoms. The first-order valence-corrected chi connectivity index (χ1v) is 6.42. The topological polar surface area (TPSA) is 94.4 Å². The Morgan fingerprint density at radius 1 is 1.53 bits per heavy atom. The Balaban J connectivity index is 2.20. The average Bonchev–Trinajstić information content (AvgIpc) is 2.83. The van der Waals surface area contributed by atoms with E-state index < -0.39 is 4.92 Å². The van der Waals surface area contributed by atoms with Crippen molar-refractivity contribution in [1.29, 1.82) is 0 Å². The van der Waals surface area contributed by atoms with E-state index >= 15 is 0 Å². The van der Waals surface area contributed by atoms with Crippen molar-refractivity contribution in [1.82, 2.24) is 9.47 Å². The van der Waals surface area contributed by atoms with Crippen LogP contribution in [0.3, 0.4) is 0 Å². The third kappa shape index (κ3) is 2.76. The molecule has 1 saturated heterocycles. The molecule has 0 aliphatic carbocycles. The van der Waals surface area contributed by atoms with Crippen molar-refractivity contribution in [3.8, 4) is 0 Å². The van der Waals surface area contributed by atoms with E-state index in [-0.39, 0.29) is 17.6 Å². The lowest BCUT2D eigenvalue weighted by Gasteiger charge is -2.30. The summed E-state index contributed by atoms with van der Waals surface area (Å²) >= 11 is 0. The quantitative estimate of drug-likeness (QED) is 0.651. The normalized spacial score (nSPS) is 16.6. The molecule has 1 aliphatic rings. The van der Waals surface area contributed by atoms with Crippen molar-refractivity contribution < 1.29 is 9.72 Å². The zero-order valence-corrected chi connectivity index (χ0v) is 10.9. The van der Waals surface area contributed by atoms with Gasteiger partial charge < -0.3 is 15.2 Å². The zero-order valence-electron chi connectivity index (χ0n) is 10.9. The summed E-state index contributed by atoms with van der Waals surface area (Å²) in [5.41, 5.74) is 6.14. The average molecular weight is 266 g/mol. The Bertz CT molecular complexity index is 489. The predicted octanol–water partition coefficient (Wildman–Crippen LogP) is 0.979. The van der Waals surface area contributed by atoms with Gasteiger partial charge in [-0.1, -0.05) is 0 Å². The Hall–Kier alpha value is -1.89. The number of hydrogen-bond donors (Lipinski definition) is 1. The molecule has 2 N–H and O–H groups in total. The van der Waals surface area contributed by atoms with Gasteiger partial charge in [-0.25, -0.2) is 0 Å². The largest absolute Gasteiger partial charge is 0.337 e. The van der Waals surface area contributed by atoms with E-state index in [2.05, 4.69) is 0 Å². The van der Waals surface area contributed by atoms with Crippen LogP contribution in [0, 0.1) is 10.1 Å². The summed E-state index contributed by atoms with van der Waals surface area (Å²) < 4.78 is 1.62. The van der Waals surface area contributed by atoms with Gasteiger partial charge in [0.05, 0.1) is 11.1 Å². The smallest absolute Gasteiger partial charge is 0.287 e. The van der Waals surface area contributed by atoms with Gasteiger partial charge in [-0.2, -0.15) is 0 Å². The third-order valence-electron chi connectivity index (χ3n) is 3.48. The van der Waals surface area contributed by atoms with Gasteiger partial charge in [-0.3, -0.25) is 14.9 Å². The lowest BCUT2D eigenvalue weighted by molar-refractivity contribution is -0.384. The van der Waals surface area contributed by atoms with E-state index in [4.69, 9.17) is 5.73 Å². The summed E-state index contributed by atoms with van der Waals surface area (Å²) in [4.78, 5) is 24.4. The van der Waals surface area contributed by atoms with E-state index in [0.29, 0.717) is 25.3 Å². The lowest BCUT2D eigenvalue weighted by atomic mass is 10.1. The monoisotopic (exact) mass is 266 g/mol. The number of amides is 1. The van der Waals surface area contributed by atoms with Crippen LogP contribution in [-0.4, -0.2) is 39.4 Å². The highest BCUT2D eigenvalue weighted by molar-refractivity contribution is 5.93. The fourth-order valence-electron chi connectivity index (χ4n) is 2.30. The highest BCUT2D eigenvalue weighted by Gasteiger charge is 2.26. The Morgan fingerprint density at radius 2 is 2.16 bits per heavy atom. The van der Waals surface area contributed by atoms with Crippen LogP contribution in [0.1, 0.15) is 30.3 Å². The van der Waals surface area contributed by atoms with E-state index in [1.165, 1.54) is 12.3 Å². The first-order valence-electron chi connectivity index (χ1n) is 6.42. The van der Waals surface area contributed by atoms with Crippen LogP contribution in [-0.2, 0) is 6.54 Å². The van der Waals surface area contributed by atoms with E-state index in [0.717, 1.165) is 12.8 Å². The molecule has 0 spiro atoms. The maximum Gasteiger partial charge on any atom is 0.287 e. The van der Waals surface area contributed by atoms with Gasteiger partial charge in [0.2, 0.25) is 0 Å². The molecule has 0 atom stereocenters. The summed E-state index contributed by atoms with van der Waals surface area (Å²) in [6.45, 7) is 3.61. The number of rotatable bonds is 3. The summed E-state index contributed by atoms with van der Waals surface area (Å²) in [6, 6.07) is 1.50. The minimum Gasteiger partial charge on any atom is -0.337 e. The molecule has 104 valence electrons. The number of carbonyl (C=O) groups excluding carboxylic acids is 1. The second kappa shape index (κ2) is 5.40. The number of aromatic nitrogens is 1. The van der Waals surface area contributed by atoms with Gasteiger partial charge in [0, 0.05) is 31.7 Å². The van der Waals surface area contributed by atoms with Gasteiger partial charge in [0.15, 0.2) is 0 Å². The number of nitrogens with two attached hydrogens (primary N) is 1. The van der Waals surface area contributed by atoms with Crippen LogP contribution in [0.15, 0.2) is 12.3 Å². The minimum absolute atomic E-state index is 0.0427. The second-order valence-corrected chi connectivity index (χ2v) is 4.76. The molecule has 7 nitrogen and oxygen atoms in total. The van der Waals surface area contributed by atoms with E-state index in [1.54, 1.807) is 9.47 Å². The number of aryl methyl sites for hydroxylation is 1.